The molecule has 0 saturated carbocycles. The van der Waals surface area contributed by atoms with Crippen LogP contribution in [0.3, 0.4) is 0 Å². The number of aromatic nitrogens is 2. The van der Waals surface area contributed by atoms with Crippen molar-refractivity contribution in [3.05, 3.63) is 60.6 Å². The minimum atomic E-state index is -0.421. The van der Waals surface area contributed by atoms with Crippen LogP contribution in [0.1, 0.15) is 10.5 Å². The van der Waals surface area contributed by atoms with E-state index in [2.05, 4.69) is 9.97 Å². The zero-order chi connectivity index (χ0) is 23.4. The van der Waals surface area contributed by atoms with Crippen molar-refractivity contribution < 1.29 is 19.4 Å². The number of hydrogen-bond donors (Lipinski definition) is 2. The van der Waals surface area contributed by atoms with E-state index in [4.69, 9.17) is 15.2 Å². The van der Waals surface area contributed by atoms with Crippen molar-refractivity contribution in [3.8, 4) is 22.6 Å². The first-order chi connectivity index (χ1) is 16.0. The van der Waals surface area contributed by atoms with E-state index in [0.29, 0.717) is 37.0 Å². The van der Waals surface area contributed by atoms with Crippen molar-refractivity contribution in [1.29, 1.82) is 0 Å². The van der Waals surface area contributed by atoms with E-state index in [9.17, 15) is 9.90 Å². The van der Waals surface area contributed by atoms with E-state index in [0.717, 1.165) is 16.8 Å². The fourth-order valence-corrected chi connectivity index (χ4v) is 4.05. The molecule has 4 rings (SSSR count). The maximum atomic E-state index is 13.3. The zero-order valence-electron chi connectivity index (χ0n) is 18.6. The lowest BCUT2D eigenvalue weighted by atomic mass is 10.1. The first-order valence-electron chi connectivity index (χ1n) is 10.6. The Morgan fingerprint density at radius 2 is 1.85 bits per heavy atom. The van der Waals surface area contributed by atoms with Crippen LogP contribution in [0.5, 0.6) is 11.5 Å². The van der Waals surface area contributed by atoms with Crippen LogP contribution in [0.15, 0.2) is 54.9 Å². The number of carbonyl (C=O) groups is 1. The molecule has 9 heteroatoms. The number of carbonyl (C=O) groups excluding carboxylic acids is 1. The second-order valence-corrected chi connectivity index (χ2v) is 7.70. The molecule has 1 atom stereocenters. The number of methoxy groups -OCH3 is 2. The number of benzene rings is 1. The number of rotatable bonds is 6. The number of aliphatic hydroxyl groups excluding tert-OH is 1. The van der Waals surface area contributed by atoms with Crippen molar-refractivity contribution in [1.82, 2.24) is 14.9 Å². The van der Waals surface area contributed by atoms with Gasteiger partial charge >= 0.3 is 0 Å². The molecule has 172 valence electrons. The Bertz CT molecular complexity index is 1130. The minimum Gasteiger partial charge on any atom is -0.496 e. The highest BCUT2D eigenvalue weighted by atomic mass is 16.5. The van der Waals surface area contributed by atoms with Gasteiger partial charge in [-0.3, -0.25) is 9.78 Å². The molecule has 3 heterocycles. The summed E-state index contributed by atoms with van der Waals surface area (Å²) >= 11 is 0. The summed E-state index contributed by atoms with van der Waals surface area (Å²) in [6.07, 6.45) is 3.30. The summed E-state index contributed by atoms with van der Waals surface area (Å²) in [5.74, 6) is 1.27. The summed E-state index contributed by atoms with van der Waals surface area (Å²) in [6.45, 7) is 1.18. The Morgan fingerprint density at radius 3 is 2.55 bits per heavy atom. The van der Waals surface area contributed by atoms with Gasteiger partial charge in [-0.2, -0.15) is 0 Å². The first-order valence-corrected chi connectivity index (χ1v) is 10.6. The number of nitrogen functional groups attached to an aromatic ring is 1. The fourth-order valence-electron chi connectivity index (χ4n) is 4.05. The highest BCUT2D eigenvalue weighted by molar-refractivity contribution is 5.94. The Morgan fingerprint density at radius 1 is 1.09 bits per heavy atom. The second-order valence-electron chi connectivity index (χ2n) is 7.70. The van der Waals surface area contributed by atoms with Crippen LogP contribution >= 0.6 is 0 Å². The minimum absolute atomic E-state index is 0.188. The highest BCUT2D eigenvalue weighted by Gasteiger charge is 2.32. The smallest absolute Gasteiger partial charge is 0.273 e. The monoisotopic (exact) mass is 449 g/mol. The van der Waals surface area contributed by atoms with Crippen molar-refractivity contribution >= 4 is 17.4 Å². The molecule has 0 aliphatic carbocycles. The molecule has 9 nitrogen and oxygen atoms in total. The predicted molar refractivity (Wildman–Crippen MR) is 126 cm³/mol. The molecule has 1 aliphatic rings. The molecule has 1 aliphatic heterocycles. The van der Waals surface area contributed by atoms with E-state index in [1.165, 1.54) is 0 Å². The molecule has 1 saturated heterocycles. The SMILES string of the molecule is COc1cc(C(=O)N2CCN(c3cnc(N)cc3OC)CC2CO)ncc1-c1ccccc1. The number of anilines is 2. The molecule has 1 unspecified atom stereocenters. The number of ether oxygens (including phenoxy) is 2. The van der Waals surface area contributed by atoms with Crippen molar-refractivity contribution in [3.63, 3.8) is 0 Å². The van der Waals surface area contributed by atoms with Crippen LogP contribution in [0.4, 0.5) is 11.5 Å². The summed E-state index contributed by atoms with van der Waals surface area (Å²) in [4.78, 5) is 25.6. The van der Waals surface area contributed by atoms with Crippen molar-refractivity contribution in [2.75, 3.05) is 51.1 Å². The molecular formula is C24H27N5O4. The third-order valence-electron chi connectivity index (χ3n) is 5.77. The molecule has 0 spiro atoms. The summed E-state index contributed by atoms with van der Waals surface area (Å²) < 4.78 is 11.0. The van der Waals surface area contributed by atoms with Crippen LogP contribution in [-0.2, 0) is 0 Å². The van der Waals surface area contributed by atoms with Crippen molar-refractivity contribution in [2.24, 2.45) is 0 Å². The normalized spacial score (nSPS) is 15.9. The Hall–Kier alpha value is -3.85. The first kappa shape index (κ1) is 22.3. The molecule has 1 amide bonds. The average molecular weight is 450 g/mol. The second kappa shape index (κ2) is 9.74. The molecule has 1 fully saturated rings. The van der Waals surface area contributed by atoms with E-state index < -0.39 is 6.04 Å². The van der Waals surface area contributed by atoms with Crippen LogP contribution < -0.4 is 20.1 Å². The topological polar surface area (TPSA) is 114 Å². The number of aliphatic hydroxyl groups is 1. The lowest BCUT2D eigenvalue weighted by molar-refractivity contribution is 0.0559. The Labute approximate surface area is 192 Å². The Balaban J connectivity index is 1.56. The van der Waals surface area contributed by atoms with Gasteiger partial charge in [0.05, 0.1) is 38.8 Å². The van der Waals surface area contributed by atoms with Gasteiger partial charge in [-0.1, -0.05) is 30.3 Å². The maximum absolute atomic E-state index is 13.3. The largest absolute Gasteiger partial charge is 0.496 e. The molecule has 3 N–H and O–H groups in total. The number of amides is 1. The van der Waals surface area contributed by atoms with Gasteiger partial charge in [0, 0.05) is 43.5 Å². The van der Waals surface area contributed by atoms with Gasteiger partial charge in [0.2, 0.25) is 0 Å². The third-order valence-corrected chi connectivity index (χ3v) is 5.77. The molecular weight excluding hydrogens is 422 g/mol. The fraction of sp³-hybridized carbons (Fsp3) is 0.292. The zero-order valence-corrected chi connectivity index (χ0v) is 18.6. The summed E-state index contributed by atoms with van der Waals surface area (Å²) in [5, 5.41) is 10.1. The standard InChI is InChI=1S/C24H27N5O4/c1-32-21-10-19(26-12-18(21)16-6-4-3-5-7-16)24(31)29-9-8-28(14-17(29)15-30)20-13-27-23(25)11-22(20)33-2/h3-7,10-13,17,30H,8-9,14-15H2,1-2H3,(H2,25,27). The van der Waals surface area contributed by atoms with Gasteiger partial charge in [-0.05, 0) is 5.56 Å². The molecule has 0 radical (unpaired) electrons. The van der Waals surface area contributed by atoms with Gasteiger partial charge in [-0.25, -0.2) is 4.98 Å². The molecule has 1 aromatic carbocycles. The number of nitrogens with two attached hydrogens (primary N) is 1. The number of piperazine rings is 1. The van der Waals surface area contributed by atoms with Crippen LogP contribution in [0, 0.1) is 0 Å². The van der Waals surface area contributed by atoms with E-state index in [-0.39, 0.29) is 18.2 Å². The predicted octanol–water partition coefficient (Wildman–Crippen LogP) is 2.07. The molecule has 3 aromatic rings. The van der Waals surface area contributed by atoms with E-state index >= 15 is 0 Å². The van der Waals surface area contributed by atoms with Crippen LogP contribution in [0.25, 0.3) is 11.1 Å². The van der Waals surface area contributed by atoms with E-state index in [1.54, 1.807) is 43.6 Å². The molecule has 2 aromatic heterocycles. The van der Waals surface area contributed by atoms with Gasteiger partial charge in [0.25, 0.3) is 5.91 Å². The average Bonchev–Trinajstić information content (AvgIpc) is 2.87. The van der Waals surface area contributed by atoms with Crippen LogP contribution in [-0.4, -0.2) is 72.4 Å². The lowest BCUT2D eigenvalue weighted by Gasteiger charge is -2.41. The summed E-state index contributed by atoms with van der Waals surface area (Å²) in [5.41, 5.74) is 8.56. The molecule has 0 bridgehead atoms. The quantitative estimate of drug-likeness (QED) is 0.588. The Kier molecular flexibility index (Phi) is 6.60. The lowest BCUT2D eigenvalue weighted by Crippen LogP contribution is -2.57. The van der Waals surface area contributed by atoms with Crippen LogP contribution in [0.2, 0.25) is 0 Å². The summed E-state index contributed by atoms with van der Waals surface area (Å²) in [7, 11) is 3.14. The van der Waals surface area contributed by atoms with Gasteiger partial charge in [-0.15, -0.1) is 0 Å². The molecule has 33 heavy (non-hydrogen) atoms. The van der Waals surface area contributed by atoms with Gasteiger partial charge in [0.1, 0.15) is 23.0 Å². The summed E-state index contributed by atoms with van der Waals surface area (Å²) in [6, 6.07) is 12.6. The third kappa shape index (κ3) is 4.54. The van der Waals surface area contributed by atoms with Gasteiger partial charge in [0.15, 0.2) is 0 Å². The van der Waals surface area contributed by atoms with E-state index in [1.807, 2.05) is 35.2 Å². The maximum Gasteiger partial charge on any atom is 0.273 e. The van der Waals surface area contributed by atoms with Gasteiger partial charge < -0.3 is 30.1 Å². The number of pyridine rings is 2. The van der Waals surface area contributed by atoms with Crippen molar-refractivity contribution in [2.45, 2.75) is 6.04 Å². The highest BCUT2D eigenvalue weighted by Crippen LogP contribution is 2.32. The number of nitrogens with zero attached hydrogens (tertiary/aromatic N) is 4. The number of hydrogen-bond acceptors (Lipinski definition) is 8.